The van der Waals surface area contributed by atoms with Crippen LogP contribution >= 0.6 is 11.6 Å². The Bertz CT molecular complexity index is 1260. The largest absolute Gasteiger partial charge is 0.478 e. The van der Waals surface area contributed by atoms with Gasteiger partial charge in [0.05, 0.1) is 11.1 Å². The van der Waals surface area contributed by atoms with E-state index in [1.165, 1.54) is 0 Å². The van der Waals surface area contributed by atoms with E-state index in [9.17, 15) is 4.79 Å². The third kappa shape index (κ3) is 4.45. The highest BCUT2D eigenvalue weighted by Crippen LogP contribution is 2.43. The molecule has 0 amide bonds. The maximum Gasteiger partial charge on any atom is 0.232 e. The summed E-state index contributed by atoms with van der Waals surface area (Å²) in [6, 6.07) is 19.8. The lowest BCUT2D eigenvalue weighted by atomic mass is 9.98. The van der Waals surface area contributed by atoms with Crippen molar-refractivity contribution in [2.24, 2.45) is 0 Å². The van der Waals surface area contributed by atoms with Gasteiger partial charge in [-0.05, 0) is 48.2 Å². The summed E-state index contributed by atoms with van der Waals surface area (Å²) in [6.07, 6.45) is 6.36. The van der Waals surface area contributed by atoms with Crippen molar-refractivity contribution in [2.45, 2.75) is 19.9 Å². The van der Waals surface area contributed by atoms with Gasteiger partial charge in [-0.25, -0.2) is 0 Å². The molecular formula is C28H24ClNO3. The summed E-state index contributed by atoms with van der Waals surface area (Å²) in [7, 11) is 0. The first-order valence-electron chi connectivity index (χ1n) is 11.0. The number of carbonyl (C=O) groups is 1. The van der Waals surface area contributed by atoms with Crippen molar-refractivity contribution in [2.75, 3.05) is 13.3 Å². The fourth-order valence-electron chi connectivity index (χ4n) is 4.22. The molecule has 2 aliphatic heterocycles. The van der Waals surface area contributed by atoms with Gasteiger partial charge in [0.1, 0.15) is 18.2 Å². The average Bonchev–Trinajstić information content (AvgIpc) is 3.16. The SMILES string of the molecule is Cc1cc2c(c3c1C(=O)/C(=C/C=C/c1ccccc1)O3)CN(CCc1ccccc1Cl)CO2. The molecule has 0 saturated carbocycles. The fourth-order valence-corrected chi connectivity index (χ4v) is 4.45. The second-order valence-corrected chi connectivity index (χ2v) is 8.68. The predicted octanol–water partition coefficient (Wildman–Crippen LogP) is 6.22. The van der Waals surface area contributed by atoms with Crippen LogP contribution in [0.1, 0.15) is 32.6 Å². The highest BCUT2D eigenvalue weighted by molar-refractivity contribution is 6.31. The van der Waals surface area contributed by atoms with Crippen LogP contribution in [0.2, 0.25) is 5.02 Å². The number of Topliss-reactive ketones (excluding diaryl/α,β-unsaturated/α-hetero) is 1. The molecule has 0 N–H and O–H groups in total. The lowest BCUT2D eigenvalue weighted by Crippen LogP contribution is -2.34. The first-order valence-corrected chi connectivity index (χ1v) is 11.4. The second-order valence-electron chi connectivity index (χ2n) is 8.27. The fraction of sp³-hybridized carbons (Fsp3) is 0.179. The maximum atomic E-state index is 13.1. The van der Waals surface area contributed by atoms with Crippen LogP contribution in [-0.2, 0) is 13.0 Å². The third-order valence-corrected chi connectivity index (χ3v) is 6.35. The quantitative estimate of drug-likeness (QED) is 0.426. The summed E-state index contributed by atoms with van der Waals surface area (Å²) in [6.45, 7) is 3.87. The Kier molecular flexibility index (Phi) is 6.03. The van der Waals surface area contributed by atoms with Crippen molar-refractivity contribution in [3.63, 3.8) is 0 Å². The Morgan fingerprint density at radius 1 is 1.09 bits per heavy atom. The summed E-state index contributed by atoms with van der Waals surface area (Å²) in [4.78, 5) is 15.3. The standard InChI is InChI=1S/C28H24ClNO3/c1-19-16-25-22(17-30(18-32-25)15-14-21-11-5-6-12-23(21)29)28-26(19)27(31)24(33-28)13-7-10-20-8-3-2-4-9-20/h2-13,16H,14-15,17-18H2,1H3/b10-7+,24-13-. The van der Waals surface area contributed by atoms with Crippen molar-refractivity contribution in [1.82, 2.24) is 4.90 Å². The molecule has 0 fully saturated rings. The summed E-state index contributed by atoms with van der Waals surface area (Å²) >= 11 is 6.31. The molecule has 4 nitrogen and oxygen atoms in total. The minimum Gasteiger partial charge on any atom is -0.478 e. The Balaban J connectivity index is 1.36. The molecule has 0 bridgehead atoms. The first-order chi connectivity index (χ1) is 16.1. The van der Waals surface area contributed by atoms with Crippen LogP contribution in [0.15, 0.2) is 78.6 Å². The molecule has 0 aromatic heterocycles. The van der Waals surface area contributed by atoms with Gasteiger partial charge in [-0.1, -0.05) is 72.3 Å². The van der Waals surface area contributed by atoms with Gasteiger partial charge in [-0.2, -0.15) is 0 Å². The number of halogens is 1. The lowest BCUT2D eigenvalue weighted by Gasteiger charge is -2.30. The molecule has 5 rings (SSSR count). The number of carbonyl (C=O) groups excluding carboxylic acids is 1. The minimum atomic E-state index is -0.0868. The van der Waals surface area contributed by atoms with Crippen LogP contribution in [0.4, 0.5) is 0 Å². The van der Waals surface area contributed by atoms with Gasteiger partial charge < -0.3 is 9.47 Å². The van der Waals surface area contributed by atoms with Crippen molar-refractivity contribution in [3.05, 3.63) is 111 Å². The number of ketones is 1. The predicted molar refractivity (Wildman–Crippen MR) is 131 cm³/mol. The Labute approximate surface area is 198 Å². The molecule has 166 valence electrons. The molecule has 0 radical (unpaired) electrons. The number of benzene rings is 3. The van der Waals surface area contributed by atoms with Crippen molar-refractivity contribution < 1.29 is 14.3 Å². The van der Waals surface area contributed by atoms with E-state index in [1.807, 2.05) is 79.7 Å². The van der Waals surface area contributed by atoms with Gasteiger partial charge in [-0.3, -0.25) is 9.69 Å². The highest BCUT2D eigenvalue weighted by Gasteiger charge is 2.35. The third-order valence-electron chi connectivity index (χ3n) is 5.98. The monoisotopic (exact) mass is 457 g/mol. The zero-order valence-electron chi connectivity index (χ0n) is 18.4. The van der Waals surface area contributed by atoms with Gasteiger partial charge in [-0.15, -0.1) is 0 Å². The summed E-state index contributed by atoms with van der Waals surface area (Å²) < 4.78 is 12.1. The van der Waals surface area contributed by atoms with Crippen molar-refractivity contribution in [3.8, 4) is 11.5 Å². The van der Waals surface area contributed by atoms with Crippen LogP contribution < -0.4 is 9.47 Å². The van der Waals surface area contributed by atoms with E-state index in [1.54, 1.807) is 6.08 Å². The van der Waals surface area contributed by atoms with Gasteiger partial charge >= 0.3 is 0 Å². The van der Waals surface area contributed by atoms with Crippen LogP contribution in [-0.4, -0.2) is 24.0 Å². The van der Waals surface area contributed by atoms with E-state index in [-0.39, 0.29) is 5.78 Å². The molecule has 2 heterocycles. The van der Waals surface area contributed by atoms with E-state index in [4.69, 9.17) is 21.1 Å². The van der Waals surface area contributed by atoms with Crippen LogP contribution in [0.5, 0.6) is 11.5 Å². The smallest absolute Gasteiger partial charge is 0.232 e. The second kappa shape index (κ2) is 9.26. The van der Waals surface area contributed by atoms with E-state index >= 15 is 0 Å². The topological polar surface area (TPSA) is 38.8 Å². The van der Waals surface area contributed by atoms with E-state index in [0.29, 0.717) is 30.3 Å². The van der Waals surface area contributed by atoms with Crippen molar-refractivity contribution in [1.29, 1.82) is 0 Å². The van der Waals surface area contributed by atoms with Crippen molar-refractivity contribution >= 4 is 23.5 Å². The normalized spacial score (nSPS) is 16.5. The zero-order chi connectivity index (χ0) is 22.8. The Hall–Kier alpha value is -3.34. The lowest BCUT2D eigenvalue weighted by molar-refractivity contribution is 0.0949. The van der Waals surface area contributed by atoms with E-state index in [2.05, 4.69) is 4.90 Å². The summed E-state index contributed by atoms with van der Waals surface area (Å²) in [5, 5.41) is 0.777. The average molecular weight is 458 g/mol. The van der Waals surface area contributed by atoms with Crippen LogP contribution in [0.25, 0.3) is 6.08 Å². The Morgan fingerprint density at radius 3 is 2.70 bits per heavy atom. The molecular weight excluding hydrogens is 434 g/mol. The van der Waals surface area contributed by atoms with Gasteiger partial charge in [0.25, 0.3) is 0 Å². The van der Waals surface area contributed by atoms with E-state index in [0.717, 1.165) is 46.0 Å². The van der Waals surface area contributed by atoms with Gasteiger partial charge in [0, 0.05) is 18.1 Å². The molecule has 0 spiro atoms. The molecule has 0 saturated heterocycles. The first kappa shape index (κ1) is 21.5. The van der Waals surface area contributed by atoms with Gasteiger partial charge in [0.15, 0.2) is 5.76 Å². The molecule has 0 atom stereocenters. The molecule has 0 unspecified atom stereocenters. The molecule has 33 heavy (non-hydrogen) atoms. The molecule has 3 aromatic rings. The van der Waals surface area contributed by atoms with Crippen LogP contribution in [0.3, 0.4) is 0 Å². The number of rotatable bonds is 5. The number of ether oxygens (including phenoxy) is 2. The maximum absolute atomic E-state index is 13.1. The zero-order valence-corrected chi connectivity index (χ0v) is 19.1. The molecule has 0 aliphatic carbocycles. The molecule has 3 aromatic carbocycles. The number of allylic oxidation sites excluding steroid dienone is 3. The number of fused-ring (bicyclic) bond motifs is 3. The van der Waals surface area contributed by atoms with Gasteiger partial charge in [0.2, 0.25) is 5.78 Å². The number of hydrogen-bond acceptors (Lipinski definition) is 4. The highest BCUT2D eigenvalue weighted by atomic mass is 35.5. The number of aryl methyl sites for hydroxylation is 1. The Morgan fingerprint density at radius 2 is 1.88 bits per heavy atom. The summed E-state index contributed by atoms with van der Waals surface area (Å²) in [5.41, 5.74) is 4.59. The minimum absolute atomic E-state index is 0.0868. The number of nitrogens with zero attached hydrogens (tertiary/aromatic N) is 1. The molecule has 5 heteroatoms. The molecule has 2 aliphatic rings. The van der Waals surface area contributed by atoms with E-state index < -0.39 is 0 Å². The van der Waals surface area contributed by atoms with Crippen LogP contribution in [0, 0.1) is 6.92 Å². The summed E-state index contributed by atoms with van der Waals surface area (Å²) in [5.74, 6) is 1.66. The number of hydrogen-bond donors (Lipinski definition) is 0.